The first kappa shape index (κ1) is 20.8. The zero-order chi connectivity index (χ0) is 21.1. The molecule has 1 N–H and O–H groups in total. The Balaban J connectivity index is 1.69. The van der Waals surface area contributed by atoms with Gasteiger partial charge < -0.3 is 14.8 Å². The van der Waals surface area contributed by atoms with Crippen LogP contribution in [-0.2, 0) is 9.53 Å². The number of fused-ring (bicyclic) bond motifs is 1. The van der Waals surface area contributed by atoms with Crippen molar-refractivity contribution in [3.05, 3.63) is 61.4 Å². The minimum atomic E-state index is -0.768. The van der Waals surface area contributed by atoms with Gasteiger partial charge in [0.05, 0.1) is 27.8 Å². The highest BCUT2D eigenvalue weighted by atomic mass is 35.5. The Morgan fingerprint density at radius 3 is 2.66 bits per heavy atom. The number of benzene rings is 2. The number of nitrogens with one attached hydrogen (secondary N) is 1. The van der Waals surface area contributed by atoms with Crippen LogP contribution < -0.4 is 10.1 Å². The van der Waals surface area contributed by atoms with E-state index in [1.54, 1.807) is 18.2 Å². The third kappa shape index (κ3) is 4.58. The van der Waals surface area contributed by atoms with Crippen LogP contribution in [0.25, 0.3) is 10.1 Å². The number of carbonyl (C=O) groups excluding carboxylic acids is 2. The molecular formula is C18H12Cl2N2O6S. The van der Waals surface area contributed by atoms with Gasteiger partial charge in [-0.3, -0.25) is 14.9 Å². The molecule has 29 heavy (non-hydrogen) atoms. The minimum absolute atomic E-state index is 0.0360. The van der Waals surface area contributed by atoms with E-state index in [0.717, 1.165) is 22.1 Å². The predicted octanol–water partition coefficient (Wildman–Crippen LogP) is 4.92. The number of non-ortho nitro benzene ring substituents is 1. The van der Waals surface area contributed by atoms with Crippen molar-refractivity contribution in [2.75, 3.05) is 19.0 Å². The van der Waals surface area contributed by atoms with Gasteiger partial charge in [0.25, 0.3) is 11.6 Å². The summed E-state index contributed by atoms with van der Waals surface area (Å²) in [6.07, 6.45) is 0. The number of hydrogen-bond acceptors (Lipinski definition) is 7. The van der Waals surface area contributed by atoms with Gasteiger partial charge in [0.15, 0.2) is 6.61 Å². The van der Waals surface area contributed by atoms with Crippen molar-refractivity contribution < 1.29 is 24.0 Å². The van der Waals surface area contributed by atoms with Crippen LogP contribution in [0.3, 0.4) is 0 Å². The monoisotopic (exact) mass is 454 g/mol. The number of esters is 1. The average Bonchev–Trinajstić information content (AvgIpc) is 3.03. The topological polar surface area (TPSA) is 108 Å². The van der Waals surface area contributed by atoms with Crippen molar-refractivity contribution in [3.63, 3.8) is 0 Å². The summed E-state index contributed by atoms with van der Waals surface area (Å²) in [5.74, 6) is -0.862. The summed E-state index contributed by atoms with van der Waals surface area (Å²) in [4.78, 5) is 34.8. The fourth-order valence-corrected chi connectivity index (χ4v) is 4.00. The summed E-state index contributed by atoms with van der Waals surface area (Å²) in [6.45, 7) is -0.619. The van der Waals surface area contributed by atoms with Crippen molar-refractivity contribution in [1.82, 2.24) is 0 Å². The van der Waals surface area contributed by atoms with Crippen LogP contribution in [-0.4, -0.2) is 30.5 Å². The minimum Gasteiger partial charge on any atom is -0.497 e. The second-order valence-electron chi connectivity index (χ2n) is 5.65. The number of rotatable bonds is 6. The lowest BCUT2D eigenvalue weighted by Crippen LogP contribution is -2.21. The van der Waals surface area contributed by atoms with Gasteiger partial charge in [-0.2, -0.15) is 0 Å². The second-order valence-corrected chi connectivity index (χ2v) is 7.49. The number of anilines is 1. The number of nitro groups is 1. The molecule has 0 aliphatic carbocycles. The number of methoxy groups -OCH3 is 1. The molecule has 0 saturated carbocycles. The molecule has 0 atom stereocenters. The molecule has 3 rings (SSSR count). The smallest absolute Gasteiger partial charge is 0.350 e. The molecule has 3 aromatic rings. The number of halogens is 2. The van der Waals surface area contributed by atoms with E-state index in [1.165, 1.54) is 19.2 Å². The van der Waals surface area contributed by atoms with E-state index >= 15 is 0 Å². The van der Waals surface area contributed by atoms with Crippen LogP contribution in [0.15, 0.2) is 36.4 Å². The molecule has 0 unspecified atom stereocenters. The molecule has 2 aromatic carbocycles. The van der Waals surface area contributed by atoms with Gasteiger partial charge in [0.1, 0.15) is 10.6 Å². The zero-order valence-electron chi connectivity index (χ0n) is 14.7. The summed E-state index contributed by atoms with van der Waals surface area (Å²) in [7, 11) is 1.53. The molecule has 0 spiro atoms. The van der Waals surface area contributed by atoms with E-state index < -0.39 is 23.4 Å². The van der Waals surface area contributed by atoms with Gasteiger partial charge in [-0.05, 0) is 24.3 Å². The van der Waals surface area contributed by atoms with Crippen LogP contribution in [0.1, 0.15) is 9.67 Å². The molecule has 0 fully saturated rings. The molecule has 0 saturated heterocycles. The molecule has 0 bridgehead atoms. The number of nitro benzene ring substituents is 1. The Morgan fingerprint density at radius 2 is 1.97 bits per heavy atom. The Bertz CT molecular complexity index is 1130. The number of hydrogen-bond donors (Lipinski definition) is 1. The van der Waals surface area contributed by atoms with Crippen molar-refractivity contribution >= 4 is 67.9 Å². The average molecular weight is 455 g/mol. The maximum absolute atomic E-state index is 12.3. The maximum Gasteiger partial charge on any atom is 0.350 e. The van der Waals surface area contributed by atoms with Gasteiger partial charge in [-0.1, -0.05) is 23.2 Å². The van der Waals surface area contributed by atoms with Crippen LogP contribution in [0, 0.1) is 10.1 Å². The largest absolute Gasteiger partial charge is 0.497 e. The van der Waals surface area contributed by atoms with Gasteiger partial charge >= 0.3 is 5.97 Å². The fraction of sp³-hybridized carbons (Fsp3) is 0.111. The summed E-state index contributed by atoms with van der Waals surface area (Å²) in [5.41, 5.74) is -0.205. The number of carbonyl (C=O) groups is 2. The highest BCUT2D eigenvalue weighted by Gasteiger charge is 2.20. The molecule has 0 aliphatic rings. The van der Waals surface area contributed by atoms with Crippen LogP contribution in [0.5, 0.6) is 5.75 Å². The summed E-state index contributed by atoms with van der Waals surface area (Å²) >= 11 is 13.3. The molecule has 1 heterocycles. The number of nitrogens with zero attached hydrogens (tertiary/aromatic N) is 1. The quantitative estimate of drug-likeness (QED) is 0.321. The van der Waals surface area contributed by atoms with Gasteiger partial charge in [-0.25, -0.2) is 4.79 Å². The van der Waals surface area contributed by atoms with Crippen molar-refractivity contribution in [1.29, 1.82) is 0 Å². The standard InChI is InChI=1S/C18H12Cl2N2O6S/c1-27-10-3-4-11-14(7-10)29-17(16(11)20)18(24)28-8-15(23)21-13-6-9(22(25)26)2-5-12(13)19/h2-7H,8H2,1H3,(H,21,23). The SMILES string of the molecule is COc1ccc2c(Cl)c(C(=O)OCC(=O)Nc3cc([N+](=O)[O-])ccc3Cl)sc2c1. The second kappa shape index (κ2) is 8.64. The number of amides is 1. The van der Waals surface area contributed by atoms with Gasteiger partial charge in [0.2, 0.25) is 0 Å². The predicted molar refractivity (Wildman–Crippen MR) is 110 cm³/mol. The maximum atomic E-state index is 12.3. The van der Waals surface area contributed by atoms with E-state index in [1.807, 2.05) is 0 Å². The van der Waals surface area contributed by atoms with Crippen LogP contribution in [0.2, 0.25) is 10.0 Å². The Morgan fingerprint density at radius 1 is 1.21 bits per heavy atom. The molecular weight excluding hydrogens is 443 g/mol. The van der Waals surface area contributed by atoms with Crippen molar-refractivity contribution in [2.45, 2.75) is 0 Å². The van der Waals surface area contributed by atoms with Crippen molar-refractivity contribution in [2.24, 2.45) is 0 Å². The highest BCUT2D eigenvalue weighted by Crippen LogP contribution is 2.37. The van der Waals surface area contributed by atoms with Crippen LogP contribution >= 0.6 is 34.5 Å². The lowest BCUT2D eigenvalue weighted by molar-refractivity contribution is -0.384. The first-order valence-corrected chi connectivity index (χ1v) is 9.54. The molecule has 0 aliphatic heterocycles. The van der Waals surface area contributed by atoms with Crippen molar-refractivity contribution in [3.8, 4) is 5.75 Å². The summed E-state index contributed by atoms with van der Waals surface area (Å²) in [6, 6.07) is 8.77. The lowest BCUT2D eigenvalue weighted by Gasteiger charge is -2.07. The van der Waals surface area contributed by atoms with E-state index in [9.17, 15) is 19.7 Å². The molecule has 11 heteroatoms. The summed E-state index contributed by atoms with van der Waals surface area (Å²) < 4.78 is 10.9. The van der Waals surface area contributed by atoms with E-state index in [4.69, 9.17) is 32.7 Å². The van der Waals surface area contributed by atoms with E-state index in [2.05, 4.69) is 5.32 Å². The molecule has 0 radical (unpaired) electrons. The highest BCUT2D eigenvalue weighted by molar-refractivity contribution is 7.21. The summed E-state index contributed by atoms with van der Waals surface area (Å²) in [5, 5.41) is 14.2. The molecule has 150 valence electrons. The molecule has 8 nitrogen and oxygen atoms in total. The lowest BCUT2D eigenvalue weighted by atomic mass is 10.2. The number of thiophene rings is 1. The third-order valence-corrected chi connectivity index (χ3v) is 5.76. The Hall–Kier alpha value is -2.88. The van der Waals surface area contributed by atoms with E-state index in [-0.39, 0.29) is 26.3 Å². The normalized spacial score (nSPS) is 10.6. The first-order chi connectivity index (χ1) is 13.8. The van der Waals surface area contributed by atoms with E-state index in [0.29, 0.717) is 11.1 Å². The van der Waals surface area contributed by atoms with Gasteiger partial charge in [-0.15, -0.1) is 11.3 Å². The zero-order valence-corrected chi connectivity index (χ0v) is 17.1. The Labute approximate surface area is 178 Å². The number of ether oxygens (including phenoxy) is 2. The molecule has 1 amide bonds. The first-order valence-electron chi connectivity index (χ1n) is 7.97. The fourth-order valence-electron chi connectivity index (χ4n) is 2.41. The van der Waals surface area contributed by atoms with Crippen LogP contribution in [0.4, 0.5) is 11.4 Å². The molecule has 1 aromatic heterocycles. The van der Waals surface area contributed by atoms with Gasteiger partial charge in [0, 0.05) is 22.2 Å². The Kier molecular flexibility index (Phi) is 6.21. The third-order valence-electron chi connectivity index (χ3n) is 3.79.